The molecule has 3 saturated heterocycles. The van der Waals surface area contributed by atoms with Crippen LogP contribution in [0.25, 0.3) is 0 Å². The first-order valence-corrected chi connectivity index (χ1v) is 16.9. The van der Waals surface area contributed by atoms with Gasteiger partial charge in [0.15, 0.2) is 0 Å². The summed E-state index contributed by atoms with van der Waals surface area (Å²) in [6.45, 7) is 5.61. The van der Waals surface area contributed by atoms with Crippen LogP contribution in [-0.4, -0.2) is 140 Å². The number of cyclic esters (lactones) is 1. The number of nitrogens with one attached hydrogen (secondary N) is 1. The first-order valence-electron chi connectivity index (χ1n) is 16.9. The lowest BCUT2D eigenvalue weighted by molar-refractivity contribution is -0.163. The largest absolute Gasteiger partial charge is 0.455 e. The van der Waals surface area contributed by atoms with E-state index in [-0.39, 0.29) is 31.4 Å². The summed E-state index contributed by atoms with van der Waals surface area (Å²) in [5, 5.41) is 13.2. The van der Waals surface area contributed by atoms with Crippen LogP contribution in [-0.2, 0) is 38.1 Å². The number of nitrogens with zero attached hydrogens (tertiary/aromatic N) is 3. The molecule has 5 aliphatic rings. The number of carbonyl (C=O) groups is 4. The molecule has 0 bridgehead atoms. The molecule has 1 spiro atoms. The Morgan fingerprint density at radius 1 is 1.06 bits per heavy atom. The number of hydrogen-bond donors (Lipinski definition) is 2. The molecule has 2 N–H and O–H groups in total. The number of ether oxygens (including phenoxy) is 4. The first kappa shape index (κ1) is 34.3. The van der Waals surface area contributed by atoms with Crippen LogP contribution in [0, 0.1) is 11.8 Å². The van der Waals surface area contributed by atoms with Crippen LogP contribution in [0.1, 0.15) is 31.4 Å². The molecule has 3 fully saturated rings. The van der Waals surface area contributed by atoms with Crippen molar-refractivity contribution < 1.29 is 43.2 Å². The molecular formula is C35H46N4O9. The number of morpholine rings is 1. The van der Waals surface area contributed by atoms with Crippen LogP contribution in [0.15, 0.2) is 54.6 Å². The second-order valence-corrected chi connectivity index (χ2v) is 13.1. The number of carbonyl (C=O) groups excluding carboxylic acids is 4. The third-order valence-electron chi connectivity index (χ3n) is 10.1. The summed E-state index contributed by atoms with van der Waals surface area (Å²) in [5.74, 6) is -3.84. The molecule has 5 heterocycles. The maximum atomic E-state index is 14.6. The van der Waals surface area contributed by atoms with Crippen molar-refractivity contribution in [1.82, 2.24) is 20.0 Å². The van der Waals surface area contributed by atoms with Gasteiger partial charge < -0.3 is 39.2 Å². The quantitative estimate of drug-likeness (QED) is 0.296. The Labute approximate surface area is 280 Å². The minimum Gasteiger partial charge on any atom is -0.455 e. The number of rotatable bonds is 8. The molecule has 1 aromatic rings. The van der Waals surface area contributed by atoms with Crippen molar-refractivity contribution in [2.45, 2.75) is 55.7 Å². The molecule has 0 aromatic heterocycles. The fourth-order valence-electron chi connectivity index (χ4n) is 7.73. The first-order chi connectivity index (χ1) is 23.3. The third kappa shape index (κ3) is 6.53. The molecule has 48 heavy (non-hydrogen) atoms. The van der Waals surface area contributed by atoms with Gasteiger partial charge in [-0.25, -0.2) is 0 Å². The Bertz CT molecular complexity index is 1400. The number of aliphatic hydroxyl groups is 1. The van der Waals surface area contributed by atoms with Gasteiger partial charge in [0.2, 0.25) is 17.7 Å². The molecule has 13 nitrogen and oxygen atoms in total. The minimum absolute atomic E-state index is 0.0761. The van der Waals surface area contributed by atoms with E-state index >= 15 is 0 Å². The summed E-state index contributed by atoms with van der Waals surface area (Å²) < 4.78 is 24.0. The van der Waals surface area contributed by atoms with E-state index in [1.54, 1.807) is 30.1 Å². The molecule has 1 aromatic carbocycles. The fraction of sp³-hybridized carbons (Fsp3) is 0.600. The SMILES string of the molecule is COC[C@H]1NC(=O)CC/C=C\[C@H]2O[C@]34C=CCN(CCN5CCOCC5)C(=O)[C@H]3N([C@H](C)CO)C(=O)[C@@H]4[C@H]2C(=O)O[C@@H]1c1ccccc1. The molecule has 0 radical (unpaired) electrons. The van der Waals surface area contributed by atoms with Crippen LogP contribution in [0.3, 0.4) is 0 Å². The van der Waals surface area contributed by atoms with E-state index in [9.17, 15) is 24.3 Å². The molecule has 8 atom stereocenters. The average Bonchev–Trinajstić information content (AvgIpc) is 3.49. The summed E-state index contributed by atoms with van der Waals surface area (Å²) in [6.07, 6.45) is 5.82. The van der Waals surface area contributed by atoms with Gasteiger partial charge in [-0.3, -0.25) is 24.1 Å². The monoisotopic (exact) mass is 666 g/mol. The molecule has 5 aliphatic heterocycles. The number of likely N-dealkylation sites (tertiary alicyclic amines) is 1. The van der Waals surface area contributed by atoms with E-state index < -0.39 is 59.6 Å². The van der Waals surface area contributed by atoms with Gasteiger partial charge >= 0.3 is 5.97 Å². The van der Waals surface area contributed by atoms with Crippen LogP contribution in [0.2, 0.25) is 0 Å². The van der Waals surface area contributed by atoms with E-state index in [0.29, 0.717) is 44.8 Å². The van der Waals surface area contributed by atoms with Gasteiger partial charge in [-0.05, 0) is 18.9 Å². The van der Waals surface area contributed by atoms with Crippen LogP contribution in [0.5, 0.6) is 0 Å². The maximum Gasteiger partial charge on any atom is 0.313 e. The standard InChI is InChI=1S/C35H46N4O9/c1-23(21-40)39-31-33(43)38(16-15-37-17-19-46-20-18-37)14-8-13-35(31)29(32(39)42)28-26(48-35)11-6-7-12-27(41)36-25(22-45-2)30(47-34(28)44)24-9-4-3-5-10-24/h3-6,8-11,13,23,25-26,28-31,40H,7,12,14-22H2,1-2H3,(H,36,41)/b11-6-/t23-,25-,26-,28+,29+,30-,31-,35+/m1/s1. The minimum atomic E-state index is -1.48. The van der Waals surface area contributed by atoms with Crippen LogP contribution in [0.4, 0.5) is 0 Å². The van der Waals surface area contributed by atoms with E-state index in [1.165, 1.54) is 12.0 Å². The Morgan fingerprint density at radius 3 is 2.56 bits per heavy atom. The zero-order valence-electron chi connectivity index (χ0n) is 27.6. The highest BCUT2D eigenvalue weighted by atomic mass is 16.6. The van der Waals surface area contributed by atoms with Crippen molar-refractivity contribution in [3.05, 3.63) is 60.2 Å². The van der Waals surface area contributed by atoms with E-state index in [2.05, 4.69) is 10.2 Å². The normalized spacial score (nSPS) is 34.2. The molecule has 0 unspecified atom stereocenters. The summed E-state index contributed by atoms with van der Waals surface area (Å²) in [5.41, 5.74) is -0.829. The van der Waals surface area contributed by atoms with Crippen molar-refractivity contribution in [3.63, 3.8) is 0 Å². The summed E-state index contributed by atoms with van der Waals surface area (Å²) >= 11 is 0. The number of allylic oxidation sites excluding steroid dienone is 1. The lowest BCUT2D eigenvalue weighted by Crippen LogP contribution is -2.58. The Balaban J connectivity index is 1.38. The van der Waals surface area contributed by atoms with Crippen molar-refractivity contribution in [3.8, 4) is 0 Å². The molecular weight excluding hydrogens is 620 g/mol. The second-order valence-electron chi connectivity index (χ2n) is 13.1. The van der Waals surface area contributed by atoms with Gasteiger partial charge in [0.1, 0.15) is 23.7 Å². The third-order valence-corrected chi connectivity index (χ3v) is 10.1. The predicted octanol–water partition coefficient (Wildman–Crippen LogP) is 0.444. The summed E-state index contributed by atoms with van der Waals surface area (Å²) in [6, 6.07) is 6.58. The Kier molecular flexibility index (Phi) is 10.6. The average molecular weight is 667 g/mol. The molecule has 0 aliphatic carbocycles. The molecule has 3 amide bonds. The highest BCUT2D eigenvalue weighted by Gasteiger charge is 2.72. The Hall–Kier alpha value is -3.62. The highest BCUT2D eigenvalue weighted by molar-refractivity contribution is 5.99. The predicted molar refractivity (Wildman–Crippen MR) is 172 cm³/mol. The van der Waals surface area contributed by atoms with Crippen molar-refractivity contribution in [2.75, 3.05) is 66.3 Å². The van der Waals surface area contributed by atoms with Gasteiger partial charge in [-0.2, -0.15) is 0 Å². The topological polar surface area (TPSA) is 147 Å². The zero-order valence-corrected chi connectivity index (χ0v) is 27.6. The lowest BCUT2D eigenvalue weighted by Gasteiger charge is -2.38. The number of fused-ring (bicyclic) bond motifs is 2. The number of amides is 3. The van der Waals surface area contributed by atoms with Crippen LogP contribution < -0.4 is 5.32 Å². The van der Waals surface area contributed by atoms with E-state index in [4.69, 9.17) is 18.9 Å². The zero-order chi connectivity index (χ0) is 33.8. The number of esters is 1. The van der Waals surface area contributed by atoms with Gasteiger partial charge in [0.25, 0.3) is 0 Å². The number of benzene rings is 1. The maximum absolute atomic E-state index is 14.6. The second kappa shape index (κ2) is 14.9. The summed E-state index contributed by atoms with van der Waals surface area (Å²) in [7, 11) is 1.51. The van der Waals surface area contributed by atoms with Gasteiger partial charge in [0, 0.05) is 46.3 Å². The Morgan fingerprint density at radius 2 is 1.83 bits per heavy atom. The highest BCUT2D eigenvalue weighted by Crippen LogP contribution is 2.53. The fourth-order valence-corrected chi connectivity index (χ4v) is 7.73. The summed E-state index contributed by atoms with van der Waals surface area (Å²) in [4.78, 5) is 61.9. The lowest BCUT2D eigenvalue weighted by atomic mass is 9.77. The van der Waals surface area contributed by atoms with Crippen molar-refractivity contribution in [2.24, 2.45) is 11.8 Å². The van der Waals surface area contributed by atoms with Crippen molar-refractivity contribution in [1.29, 1.82) is 0 Å². The van der Waals surface area contributed by atoms with E-state index in [1.807, 2.05) is 36.4 Å². The number of aliphatic hydroxyl groups excluding tert-OH is 1. The molecule has 6 rings (SSSR count). The van der Waals surface area contributed by atoms with Crippen molar-refractivity contribution >= 4 is 23.7 Å². The number of hydrogen-bond acceptors (Lipinski definition) is 10. The molecule has 260 valence electrons. The van der Waals surface area contributed by atoms with Gasteiger partial charge in [0.05, 0.1) is 50.5 Å². The van der Waals surface area contributed by atoms with Crippen LogP contribution >= 0.6 is 0 Å². The van der Waals surface area contributed by atoms with E-state index in [0.717, 1.165) is 13.1 Å². The van der Waals surface area contributed by atoms with Gasteiger partial charge in [-0.1, -0.05) is 54.6 Å². The van der Waals surface area contributed by atoms with Gasteiger partial charge in [-0.15, -0.1) is 0 Å². The molecule has 0 saturated carbocycles. The molecule has 13 heteroatoms. The number of methoxy groups -OCH3 is 1. The smallest absolute Gasteiger partial charge is 0.313 e.